The maximum absolute atomic E-state index is 17.2. The summed E-state index contributed by atoms with van der Waals surface area (Å²) in [7, 11) is 1.46. The van der Waals surface area contributed by atoms with Crippen molar-refractivity contribution in [2.75, 3.05) is 38.5 Å². The van der Waals surface area contributed by atoms with Gasteiger partial charge in [-0.05, 0) is 97.7 Å². The SMILES string of the molecule is CCc1c(F)ccc2cc(OCOC)cc(-c3c(F)cc4c(N5[C@H]6CC[C@@H]5[C@@H](O)CC6)nc(OC[C@@]56CCCN5C[C@H](F)C6)nc4c3F)c12. The van der Waals surface area contributed by atoms with Crippen LogP contribution in [0.5, 0.6) is 11.8 Å². The standard InChI is InChI=1S/C37H40F4N4O4/c1-3-24-27(39)8-5-20-13-23(49-19-47-2)14-25(31(20)24)32-28(40)15-26-34(33(32)41)42-36(48-18-37-11-4-12-44(37)17-21(38)16-37)43-35(26)45-22-6-9-29(45)30(46)10-7-22/h5,8,13-15,21-22,29-30,46H,3-4,6-7,9-12,16-19H2,1-2H3/t21-,22+,29-,30+,37+/m1/s1. The summed E-state index contributed by atoms with van der Waals surface area (Å²) in [5.41, 5.74) is -0.591. The second-order valence-corrected chi connectivity index (χ2v) is 14.0. The van der Waals surface area contributed by atoms with Crippen molar-refractivity contribution in [2.45, 2.75) is 88.2 Å². The van der Waals surface area contributed by atoms with Gasteiger partial charge in [-0.3, -0.25) is 4.90 Å². The molecule has 0 radical (unpaired) electrons. The zero-order valence-corrected chi connectivity index (χ0v) is 27.7. The molecule has 4 saturated heterocycles. The molecule has 1 aromatic heterocycles. The molecule has 0 amide bonds. The van der Waals surface area contributed by atoms with E-state index in [0.29, 0.717) is 53.7 Å². The van der Waals surface area contributed by atoms with Crippen molar-refractivity contribution in [3.8, 4) is 22.9 Å². The summed E-state index contributed by atoms with van der Waals surface area (Å²) < 4.78 is 80.6. The summed E-state index contributed by atoms with van der Waals surface area (Å²) in [5, 5.41) is 12.0. The molecule has 4 aliphatic rings. The number of aliphatic hydroxyl groups is 1. The molecular weight excluding hydrogens is 640 g/mol. The molecule has 12 heteroatoms. The van der Waals surface area contributed by atoms with E-state index in [1.165, 1.54) is 25.3 Å². The molecule has 49 heavy (non-hydrogen) atoms. The van der Waals surface area contributed by atoms with Crippen molar-refractivity contribution < 1.29 is 36.9 Å². The van der Waals surface area contributed by atoms with Gasteiger partial charge in [0.15, 0.2) is 12.6 Å². The Labute approximate surface area is 282 Å². The average Bonchev–Trinajstić information content (AvgIpc) is 3.73. The third-order valence-corrected chi connectivity index (χ3v) is 11.2. The van der Waals surface area contributed by atoms with Crippen molar-refractivity contribution in [3.05, 3.63) is 53.3 Å². The summed E-state index contributed by atoms with van der Waals surface area (Å²) in [4.78, 5) is 13.4. The zero-order valence-electron chi connectivity index (χ0n) is 27.7. The lowest BCUT2D eigenvalue weighted by atomic mass is 9.91. The molecule has 4 aliphatic heterocycles. The lowest BCUT2D eigenvalue weighted by Gasteiger charge is -2.39. The molecule has 0 spiro atoms. The van der Waals surface area contributed by atoms with Crippen LogP contribution in [0.4, 0.5) is 23.4 Å². The number of hydrogen-bond acceptors (Lipinski definition) is 8. The van der Waals surface area contributed by atoms with E-state index in [0.717, 1.165) is 32.2 Å². The van der Waals surface area contributed by atoms with Gasteiger partial charge in [0.1, 0.15) is 41.5 Å². The van der Waals surface area contributed by atoms with Gasteiger partial charge in [0, 0.05) is 31.5 Å². The fraction of sp³-hybridized carbons (Fsp3) is 0.514. The van der Waals surface area contributed by atoms with Crippen LogP contribution in [0.2, 0.25) is 0 Å². The Kier molecular flexibility index (Phi) is 8.31. The van der Waals surface area contributed by atoms with Crippen LogP contribution >= 0.6 is 0 Å². The quantitative estimate of drug-likeness (QED) is 0.152. The summed E-state index contributed by atoms with van der Waals surface area (Å²) in [6, 6.07) is 6.98. The second kappa shape index (κ2) is 12.5. The Hall–Kier alpha value is -3.74. The first kappa shape index (κ1) is 32.5. The number of anilines is 1. The van der Waals surface area contributed by atoms with Crippen LogP contribution in [0.25, 0.3) is 32.8 Å². The largest absolute Gasteiger partial charge is 0.468 e. The van der Waals surface area contributed by atoms with Crippen molar-refractivity contribution in [1.29, 1.82) is 0 Å². The van der Waals surface area contributed by atoms with E-state index in [9.17, 15) is 9.50 Å². The second-order valence-electron chi connectivity index (χ2n) is 14.0. The summed E-state index contributed by atoms with van der Waals surface area (Å²) >= 11 is 0. The van der Waals surface area contributed by atoms with Gasteiger partial charge in [-0.25, -0.2) is 17.6 Å². The van der Waals surface area contributed by atoms with E-state index in [-0.39, 0.29) is 59.9 Å². The minimum atomic E-state index is -0.957. The number of rotatable bonds is 9. The number of ether oxygens (including phenoxy) is 3. The average molecular weight is 681 g/mol. The minimum absolute atomic E-state index is 0.0323. The molecule has 1 N–H and O–H groups in total. The first-order chi connectivity index (χ1) is 23.7. The predicted octanol–water partition coefficient (Wildman–Crippen LogP) is 6.86. The molecule has 3 aromatic carbocycles. The normalized spacial score (nSPS) is 26.6. The van der Waals surface area contributed by atoms with Crippen LogP contribution in [0, 0.1) is 17.5 Å². The maximum atomic E-state index is 17.2. The maximum Gasteiger partial charge on any atom is 0.319 e. The van der Waals surface area contributed by atoms with Crippen LogP contribution in [0.1, 0.15) is 57.4 Å². The molecule has 0 saturated carbocycles. The van der Waals surface area contributed by atoms with Crippen molar-refractivity contribution in [2.24, 2.45) is 0 Å². The number of benzene rings is 3. The van der Waals surface area contributed by atoms with E-state index in [2.05, 4.69) is 9.88 Å². The Morgan fingerprint density at radius 1 is 1.02 bits per heavy atom. The van der Waals surface area contributed by atoms with Crippen LogP contribution in [-0.2, 0) is 11.2 Å². The number of nitrogens with zero attached hydrogens (tertiary/aromatic N) is 4. The van der Waals surface area contributed by atoms with Gasteiger partial charge >= 0.3 is 6.01 Å². The Morgan fingerprint density at radius 3 is 2.67 bits per heavy atom. The third-order valence-electron chi connectivity index (χ3n) is 11.2. The fourth-order valence-electron chi connectivity index (χ4n) is 9.02. The van der Waals surface area contributed by atoms with Gasteiger partial charge in [0.2, 0.25) is 0 Å². The summed E-state index contributed by atoms with van der Waals surface area (Å²) in [6.07, 6.45) is 3.63. The first-order valence-electron chi connectivity index (χ1n) is 17.3. The monoisotopic (exact) mass is 680 g/mol. The lowest BCUT2D eigenvalue weighted by Crippen LogP contribution is -2.48. The van der Waals surface area contributed by atoms with Gasteiger partial charge in [-0.1, -0.05) is 13.0 Å². The van der Waals surface area contributed by atoms with E-state index in [4.69, 9.17) is 19.2 Å². The van der Waals surface area contributed by atoms with Crippen LogP contribution < -0.4 is 14.4 Å². The van der Waals surface area contributed by atoms with Crippen molar-refractivity contribution in [3.63, 3.8) is 0 Å². The van der Waals surface area contributed by atoms with Gasteiger partial charge in [-0.15, -0.1) is 0 Å². The van der Waals surface area contributed by atoms with Gasteiger partial charge in [0.05, 0.1) is 23.2 Å². The zero-order chi connectivity index (χ0) is 34.0. The van der Waals surface area contributed by atoms with Crippen LogP contribution in [0.3, 0.4) is 0 Å². The van der Waals surface area contributed by atoms with Gasteiger partial charge < -0.3 is 24.2 Å². The summed E-state index contributed by atoms with van der Waals surface area (Å²) in [6.45, 7) is 2.95. The lowest BCUT2D eigenvalue weighted by molar-refractivity contribution is 0.0512. The van der Waals surface area contributed by atoms with Crippen LogP contribution in [0.15, 0.2) is 30.3 Å². The number of hydrogen-bond donors (Lipinski definition) is 1. The number of methoxy groups -OCH3 is 1. The molecule has 4 fully saturated rings. The Morgan fingerprint density at radius 2 is 1.86 bits per heavy atom. The molecule has 0 aliphatic carbocycles. The smallest absolute Gasteiger partial charge is 0.319 e. The molecule has 8 rings (SSSR count). The minimum Gasteiger partial charge on any atom is -0.468 e. The van der Waals surface area contributed by atoms with Crippen molar-refractivity contribution in [1.82, 2.24) is 14.9 Å². The Balaban J connectivity index is 1.32. The highest BCUT2D eigenvalue weighted by molar-refractivity contribution is 6.03. The molecule has 0 unspecified atom stereocenters. The first-order valence-corrected chi connectivity index (χ1v) is 17.3. The Bertz CT molecular complexity index is 1930. The number of halogens is 4. The number of piperidine rings is 1. The molecule has 4 aromatic rings. The van der Waals surface area contributed by atoms with E-state index in [1.807, 2.05) is 4.90 Å². The topological polar surface area (TPSA) is 80.2 Å². The number of aliphatic hydroxyl groups excluding tert-OH is 1. The molecular formula is C37H40F4N4O4. The predicted molar refractivity (Wildman–Crippen MR) is 177 cm³/mol. The number of aromatic nitrogens is 2. The molecule has 8 nitrogen and oxygen atoms in total. The van der Waals surface area contributed by atoms with Gasteiger partial charge in [0.25, 0.3) is 0 Å². The molecule has 5 heterocycles. The summed E-state index contributed by atoms with van der Waals surface area (Å²) in [5.74, 6) is -1.70. The van der Waals surface area contributed by atoms with E-state index < -0.39 is 35.3 Å². The highest BCUT2D eigenvalue weighted by atomic mass is 19.1. The molecule has 260 valence electrons. The highest BCUT2D eigenvalue weighted by Gasteiger charge is 2.50. The number of alkyl halides is 1. The highest BCUT2D eigenvalue weighted by Crippen LogP contribution is 2.46. The number of fused-ring (bicyclic) bond motifs is 5. The molecule has 2 bridgehead atoms. The fourth-order valence-corrected chi connectivity index (χ4v) is 9.02. The third kappa shape index (κ3) is 5.38. The van der Waals surface area contributed by atoms with Crippen molar-refractivity contribution >= 4 is 27.5 Å². The van der Waals surface area contributed by atoms with Gasteiger partial charge in [-0.2, -0.15) is 9.97 Å². The van der Waals surface area contributed by atoms with E-state index in [1.54, 1.807) is 19.1 Å². The van der Waals surface area contributed by atoms with Crippen LogP contribution in [-0.4, -0.2) is 83.5 Å². The van der Waals surface area contributed by atoms with E-state index >= 15 is 13.2 Å². The number of aryl methyl sites for hydroxylation is 1. The molecule has 5 atom stereocenters.